The number of halogens is 2. The monoisotopic (exact) mass is 431 g/mol. The van der Waals surface area contributed by atoms with Crippen molar-refractivity contribution in [2.45, 2.75) is 19.4 Å². The SMILES string of the molecule is COCCCNC(=O)CN1CCN(C(=O)C(C)Oc2ccc(Cl)cc2Cl)CC1. The molecule has 0 aliphatic carbocycles. The van der Waals surface area contributed by atoms with Crippen LogP contribution in [0.4, 0.5) is 0 Å². The van der Waals surface area contributed by atoms with Crippen LogP contribution in [-0.2, 0) is 14.3 Å². The molecule has 1 aliphatic heterocycles. The Bertz CT molecular complexity index is 667. The average Bonchev–Trinajstić information content (AvgIpc) is 2.67. The Kier molecular flexibility index (Phi) is 9.31. The molecule has 1 N–H and O–H groups in total. The van der Waals surface area contributed by atoms with E-state index in [0.717, 1.165) is 6.42 Å². The highest BCUT2D eigenvalue weighted by Gasteiger charge is 2.27. The van der Waals surface area contributed by atoms with Crippen LogP contribution in [-0.4, -0.2) is 80.7 Å². The number of methoxy groups -OCH3 is 1. The van der Waals surface area contributed by atoms with Gasteiger partial charge in [-0.2, -0.15) is 0 Å². The minimum atomic E-state index is -0.658. The van der Waals surface area contributed by atoms with Crippen molar-refractivity contribution in [3.8, 4) is 5.75 Å². The number of hydrogen-bond donors (Lipinski definition) is 1. The van der Waals surface area contributed by atoms with Gasteiger partial charge in [0.15, 0.2) is 6.10 Å². The Labute approximate surface area is 175 Å². The zero-order valence-electron chi connectivity index (χ0n) is 16.2. The lowest BCUT2D eigenvalue weighted by Gasteiger charge is -2.35. The number of hydrogen-bond acceptors (Lipinski definition) is 5. The normalized spacial score (nSPS) is 15.9. The summed E-state index contributed by atoms with van der Waals surface area (Å²) < 4.78 is 10.7. The van der Waals surface area contributed by atoms with Gasteiger partial charge in [0.1, 0.15) is 5.75 Å². The van der Waals surface area contributed by atoms with E-state index in [-0.39, 0.29) is 11.8 Å². The molecule has 2 rings (SSSR count). The third-order valence-electron chi connectivity index (χ3n) is 4.44. The first-order valence-electron chi connectivity index (χ1n) is 9.29. The third kappa shape index (κ3) is 7.13. The van der Waals surface area contributed by atoms with Crippen LogP contribution in [0, 0.1) is 0 Å². The van der Waals surface area contributed by atoms with E-state index >= 15 is 0 Å². The van der Waals surface area contributed by atoms with Crippen LogP contribution >= 0.6 is 23.2 Å². The molecule has 7 nitrogen and oxygen atoms in total. The molecule has 0 spiro atoms. The summed E-state index contributed by atoms with van der Waals surface area (Å²) in [6.45, 7) is 5.66. The van der Waals surface area contributed by atoms with Crippen LogP contribution in [0.1, 0.15) is 13.3 Å². The quantitative estimate of drug-likeness (QED) is 0.605. The molecule has 1 saturated heterocycles. The van der Waals surface area contributed by atoms with Gasteiger partial charge in [0.25, 0.3) is 5.91 Å². The molecule has 0 bridgehead atoms. The van der Waals surface area contributed by atoms with Gasteiger partial charge in [-0.15, -0.1) is 0 Å². The number of piperazine rings is 1. The summed E-state index contributed by atoms with van der Waals surface area (Å²) in [4.78, 5) is 28.4. The van der Waals surface area contributed by atoms with Gasteiger partial charge in [-0.3, -0.25) is 14.5 Å². The van der Waals surface area contributed by atoms with E-state index in [0.29, 0.717) is 61.7 Å². The Morgan fingerprint density at radius 2 is 1.93 bits per heavy atom. The van der Waals surface area contributed by atoms with Gasteiger partial charge < -0.3 is 19.7 Å². The second-order valence-electron chi connectivity index (χ2n) is 6.63. The molecule has 28 heavy (non-hydrogen) atoms. The van der Waals surface area contributed by atoms with Crippen molar-refractivity contribution in [2.75, 3.05) is 53.0 Å². The predicted molar refractivity (Wildman–Crippen MR) is 109 cm³/mol. The molecule has 0 radical (unpaired) electrons. The highest BCUT2D eigenvalue weighted by molar-refractivity contribution is 6.35. The predicted octanol–water partition coefficient (Wildman–Crippen LogP) is 2.06. The molecule has 1 fully saturated rings. The van der Waals surface area contributed by atoms with Gasteiger partial charge in [-0.1, -0.05) is 23.2 Å². The fourth-order valence-corrected chi connectivity index (χ4v) is 3.35. The van der Waals surface area contributed by atoms with Crippen molar-refractivity contribution in [3.05, 3.63) is 28.2 Å². The minimum absolute atomic E-state index is 0.00930. The van der Waals surface area contributed by atoms with Gasteiger partial charge in [0.2, 0.25) is 5.91 Å². The molecule has 1 aliphatic rings. The van der Waals surface area contributed by atoms with Gasteiger partial charge in [-0.05, 0) is 31.5 Å². The largest absolute Gasteiger partial charge is 0.479 e. The van der Waals surface area contributed by atoms with Crippen molar-refractivity contribution in [1.29, 1.82) is 0 Å². The lowest BCUT2D eigenvalue weighted by atomic mass is 10.2. The fraction of sp³-hybridized carbons (Fsp3) is 0.579. The Morgan fingerprint density at radius 1 is 1.21 bits per heavy atom. The summed E-state index contributed by atoms with van der Waals surface area (Å²) in [5.74, 6) is 0.315. The Balaban J connectivity index is 1.74. The smallest absolute Gasteiger partial charge is 0.263 e. The van der Waals surface area contributed by atoms with Crippen LogP contribution in [0.2, 0.25) is 10.0 Å². The highest BCUT2D eigenvalue weighted by Crippen LogP contribution is 2.28. The fourth-order valence-electron chi connectivity index (χ4n) is 2.90. The topological polar surface area (TPSA) is 71.1 Å². The number of nitrogens with one attached hydrogen (secondary N) is 1. The first kappa shape index (κ1) is 22.7. The molecule has 0 saturated carbocycles. The Morgan fingerprint density at radius 3 is 2.57 bits per heavy atom. The van der Waals surface area contributed by atoms with Crippen LogP contribution in [0.5, 0.6) is 5.75 Å². The molecule has 1 aromatic rings. The lowest BCUT2D eigenvalue weighted by molar-refractivity contribution is -0.139. The molecule has 156 valence electrons. The summed E-state index contributed by atoms with van der Waals surface area (Å²) in [6, 6.07) is 4.89. The van der Waals surface area contributed by atoms with E-state index in [1.165, 1.54) is 0 Å². The second kappa shape index (κ2) is 11.5. The molecular formula is C19H27Cl2N3O4. The van der Waals surface area contributed by atoms with Crippen molar-refractivity contribution < 1.29 is 19.1 Å². The molecule has 9 heteroatoms. The van der Waals surface area contributed by atoms with Crippen LogP contribution in [0.3, 0.4) is 0 Å². The van der Waals surface area contributed by atoms with E-state index in [9.17, 15) is 9.59 Å². The number of benzene rings is 1. The average molecular weight is 432 g/mol. The van der Waals surface area contributed by atoms with Gasteiger partial charge in [0.05, 0.1) is 11.6 Å². The summed E-state index contributed by atoms with van der Waals surface area (Å²) >= 11 is 12.0. The van der Waals surface area contributed by atoms with Crippen molar-refractivity contribution >= 4 is 35.0 Å². The number of rotatable bonds is 9. The van der Waals surface area contributed by atoms with Crippen molar-refractivity contribution in [1.82, 2.24) is 15.1 Å². The van der Waals surface area contributed by atoms with E-state index < -0.39 is 6.10 Å². The molecule has 1 heterocycles. The standard InChI is InChI=1S/C19H27Cl2N3O4/c1-14(28-17-5-4-15(20)12-16(17)21)19(26)24-9-7-23(8-10-24)13-18(25)22-6-3-11-27-2/h4-5,12,14H,3,6-11,13H2,1-2H3,(H,22,25). The van der Waals surface area contributed by atoms with Crippen molar-refractivity contribution in [3.63, 3.8) is 0 Å². The number of amides is 2. The van der Waals surface area contributed by atoms with E-state index in [1.807, 2.05) is 4.90 Å². The first-order chi connectivity index (χ1) is 13.4. The molecule has 1 unspecified atom stereocenters. The van der Waals surface area contributed by atoms with Gasteiger partial charge in [-0.25, -0.2) is 0 Å². The summed E-state index contributed by atoms with van der Waals surface area (Å²) in [6.07, 6.45) is 0.134. The van der Waals surface area contributed by atoms with Gasteiger partial charge in [0, 0.05) is 51.5 Å². The maximum Gasteiger partial charge on any atom is 0.263 e. The summed E-state index contributed by atoms with van der Waals surface area (Å²) in [5, 5.41) is 3.75. The summed E-state index contributed by atoms with van der Waals surface area (Å²) in [5.41, 5.74) is 0. The lowest BCUT2D eigenvalue weighted by Crippen LogP contribution is -2.53. The summed E-state index contributed by atoms with van der Waals surface area (Å²) in [7, 11) is 1.64. The maximum absolute atomic E-state index is 12.6. The van der Waals surface area contributed by atoms with E-state index in [4.69, 9.17) is 32.7 Å². The molecule has 0 aromatic heterocycles. The number of nitrogens with zero attached hydrogens (tertiary/aromatic N) is 2. The Hall–Kier alpha value is -1.54. The van der Waals surface area contributed by atoms with E-state index in [1.54, 1.807) is 37.1 Å². The maximum atomic E-state index is 12.6. The number of ether oxygens (including phenoxy) is 2. The number of carbonyl (C=O) groups excluding carboxylic acids is 2. The zero-order chi connectivity index (χ0) is 20.5. The third-order valence-corrected chi connectivity index (χ3v) is 4.97. The van der Waals surface area contributed by atoms with E-state index in [2.05, 4.69) is 5.32 Å². The van der Waals surface area contributed by atoms with Crippen molar-refractivity contribution in [2.24, 2.45) is 0 Å². The molecular weight excluding hydrogens is 405 g/mol. The molecule has 1 atom stereocenters. The molecule has 2 amide bonds. The van der Waals surface area contributed by atoms with Crippen LogP contribution in [0.15, 0.2) is 18.2 Å². The highest BCUT2D eigenvalue weighted by atomic mass is 35.5. The first-order valence-corrected chi connectivity index (χ1v) is 10.0. The minimum Gasteiger partial charge on any atom is -0.479 e. The zero-order valence-corrected chi connectivity index (χ0v) is 17.8. The second-order valence-corrected chi connectivity index (χ2v) is 7.48. The van der Waals surface area contributed by atoms with Crippen LogP contribution in [0.25, 0.3) is 0 Å². The van der Waals surface area contributed by atoms with Gasteiger partial charge >= 0.3 is 0 Å². The van der Waals surface area contributed by atoms with Crippen LogP contribution < -0.4 is 10.1 Å². The number of carbonyl (C=O) groups is 2. The molecule has 1 aromatic carbocycles.